The summed E-state index contributed by atoms with van der Waals surface area (Å²) in [5.74, 6) is -0.0178. The van der Waals surface area contributed by atoms with Crippen LogP contribution < -0.4 is 10.9 Å². The molecular formula is C16H12N6O2S3. The average Bonchev–Trinajstić information content (AvgIpc) is 3.33. The van der Waals surface area contributed by atoms with Gasteiger partial charge in [-0.15, -0.1) is 26.6 Å². The van der Waals surface area contributed by atoms with Crippen molar-refractivity contribution in [2.24, 2.45) is 0 Å². The number of nitrogens with one attached hydrogen (secondary N) is 1. The van der Waals surface area contributed by atoms with Crippen molar-refractivity contribution in [1.82, 2.24) is 24.8 Å². The van der Waals surface area contributed by atoms with E-state index in [0.29, 0.717) is 26.5 Å². The summed E-state index contributed by atoms with van der Waals surface area (Å²) >= 11 is 3.82. The van der Waals surface area contributed by atoms with Crippen LogP contribution >= 0.6 is 34.4 Å². The number of nitrogens with zero attached hydrogens (tertiary/aromatic N) is 5. The standard InChI is InChI=1S/C16H12N6O2S3/c23-12(18-14-17-6-7-25-14)9-26-16-21-22-13(24)11(19-20-15(22)27-16)8-10-4-2-1-3-5-10/h1-7H,8-9H2,(H,17,18,23). The van der Waals surface area contributed by atoms with Crippen LogP contribution in [0, 0.1) is 0 Å². The second kappa shape index (κ2) is 7.94. The highest BCUT2D eigenvalue weighted by atomic mass is 32.2. The molecule has 136 valence electrons. The van der Waals surface area contributed by atoms with Gasteiger partial charge in [0, 0.05) is 18.0 Å². The Morgan fingerprint density at radius 1 is 1.22 bits per heavy atom. The number of hydrogen-bond donors (Lipinski definition) is 1. The molecule has 1 N–H and O–H groups in total. The Labute approximate surface area is 165 Å². The van der Waals surface area contributed by atoms with Crippen molar-refractivity contribution in [3.8, 4) is 0 Å². The van der Waals surface area contributed by atoms with Crippen molar-refractivity contribution in [2.45, 2.75) is 10.8 Å². The van der Waals surface area contributed by atoms with Gasteiger partial charge < -0.3 is 5.32 Å². The minimum absolute atomic E-state index is 0.165. The number of thioether (sulfide) groups is 1. The average molecular weight is 417 g/mol. The highest BCUT2D eigenvalue weighted by Crippen LogP contribution is 2.23. The smallest absolute Gasteiger partial charge is 0.297 e. The lowest BCUT2D eigenvalue weighted by atomic mass is 10.1. The fourth-order valence-corrected chi connectivity index (χ4v) is 4.47. The maximum atomic E-state index is 12.6. The molecule has 0 aliphatic carbocycles. The molecule has 8 nitrogen and oxygen atoms in total. The number of amides is 1. The molecule has 3 heterocycles. The molecule has 4 aromatic rings. The number of aromatic nitrogens is 5. The normalized spacial score (nSPS) is 11.0. The van der Waals surface area contributed by atoms with Crippen LogP contribution in [0.2, 0.25) is 0 Å². The number of carbonyl (C=O) groups is 1. The first-order valence-corrected chi connectivity index (χ1v) is 10.5. The first kappa shape index (κ1) is 17.8. The van der Waals surface area contributed by atoms with E-state index in [1.807, 2.05) is 30.3 Å². The Morgan fingerprint density at radius 3 is 2.85 bits per heavy atom. The van der Waals surface area contributed by atoms with Gasteiger partial charge in [-0.25, -0.2) is 4.98 Å². The second-order valence-corrected chi connectivity index (χ2v) is 8.42. The molecule has 0 unspecified atom stereocenters. The maximum absolute atomic E-state index is 12.6. The lowest BCUT2D eigenvalue weighted by molar-refractivity contribution is -0.113. The Bertz CT molecular complexity index is 1120. The van der Waals surface area contributed by atoms with Gasteiger partial charge in [0.15, 0.2) is 9.47 Å². The fraction of sp³-hybridized carbons (Fsp3) is 0.125. The molecule has 11 heteroatoms. The number of anilines is 1. The molecular weight excluding hydrogens is 404 g/mol. The molecule has 0 bridgehead atoms. The highest BCUT2D eigenvalue weighted by molar-refractivity contribution is 8.01. The molecule has 1 aromatic carbocycles. The molecule has 0 saturated heterocycles. The molecule has 0 aliphatic heterocycles. The van der Waals surface area contributed by atoms with Crippen molar-refractivity contribution < 1.29 is 4.79 Å². The Morgan fingerprint density at radius 2 is 2.07 bits per heavy atom. The Hall–Kier alpha value is -2.63. The summed E-state index contributed by atoms with van der Waals surface area (Å²) in [4.78, 5) is 28.9. The zero-order valence-corrected chi connectivity index (χ0v) is 16.2. The van der Waals surface area contributed by atoms with Gasteiger partial charge in [0.05, 0.1) is 5.75 Å². The quantitative estimate of drug-likeness (QED) is 0.481. The van der Waals surface area contributed by atoms with Crippen LogP contribution in [0.5, 0.6) is 0 Å². The van der Waals surface area contributed by atoms with Crippen molar-refractivity contribution in [1.29, 1.82) is 0 Å². The summed E-state index contributed by atoms with van der Waals surface area (Å²) < 4.78 is 1.82. The summed E-state index contributed by atoms with van der Waals surface area (Å²) in [6, 6.07) is 9.60. The van der Waals surface area contributed by atoms with Gasteiger partial charge in [0.1, 0.15) is 5.69 Å². The van der Waals surface area contributed by atoms with Crippen LogP contribution in [0.15, 0.2) is 51.0 Å². The van der Waals surface area contributed by atoms with Gasteiger partial charge >= 0.3 is 0 Å². The first-order valence-electron chi connectivity index (χ1n) is 7.80. The zero-order chi connectivity index (χ0) is 18.6. The summed E-state index contributed by atoms with van der Waals surface area (Å²) in [6.45, 7) is 0. The molecule has 0 radical (unpaired) electrons. The Kier molecular flexibility index (Phi) is 5.23. The molecule has 0 aliphatic rings. The number of fused-ring (bicyclic) bond motifs is 1. The van der Waals surface area contributed by atoms with Gasteiger partial charge in [-0.1, -0.05) is 53.4 Å². The number of rotatable bonds is 6. The van der Waals surface area contributed by atoms with Crippen molar-refractivity contribution in [3.63, 3.8) is 0 Å². The third-order valence-corrected chi connectivity index (χ3v) is 6.18. The van der Waals surface area contributed by atoms with E-state index in [1.165, 1.54) is 39.0 Å². The van der Waals surface area contributed by atoms with Gasteiger partial charge in [-0.3, -0.25) is 9.59 Å². The molecule has 4 rings (SSSR count). The van der Waals surface area contributed by atoms with Crippen molar-refractivity contribution in [2.75, 3.05) is 11.1 Å². The minimum Gasteiger partial charge on any atom is -0.301 e. The van der Waals surface area contributed by atoms with Gasteiger partial charge in [0.25, 0.3) is 5.56 Å². The van der Waals surface area contributed by atoms with E-state index in [4.69, 9.17) is 0 Å². The molecule has 3 aromatic heterocycles. The summed E-state index contributed by atoms with van der Waals surface area (Å²) in [6.07, 6.45) is 2.02. The van der Waals surface area contributed by atoms with Crippen LogP contribution in [-0.2, 0) is 11.2 Å². The fourth-order valence-electron chi connectivity index (χ4n) is 2.26. The lowest BCUT2D eigenvalue weighted by Crippen LogP contribution is -2.22. The minimum atomic E-state index is -0.292. The van der Waals surface area contributed by atoms with Crippen LogP contribution in [-0.4, -0.2) is 36.5 Å². The topological polar surface area (TPSA) is 102 Å². The van der Waals surface area contributed by atoms with Crippen molar-refractivity contribution in [3.05, 3.63) is 63.5 Å². The van der Waals surface area contributed by atoms with Gasteiger partial charge in [0.2, 0.25) is 10.9 Å². The second-order valence-electron chi connectivity index (χ2n) is 5.35. The molecule has 0 atom stereocenters. The van der Waals surface area contributed by atoms with E-state index < -0.39 is 0 Å². The number of thiazole rings is 1. The van der Waals surface area contributed by atoms with E-state index in [0.717, 1.165) is 5.56 Å². The van der Waals surface area contributed by atoms with Crippen LogP contribution in [0.4, 0.5) is 5.13 Å². The molecule has 0 fully saturated rings. The van der Waals surface area contributed by atoms with Crippen LogP contribution in [0.1, 0.15) is 11.3 Å². The number of hydrogen-bond acceptors (Lipinski definition) is 9. The SMILES string of the molecule is O=C(CSc1nn2c(=O)c(Cc3ccccc3)nnc2s1)Nc1nccs1. The summed E-state index contributed by atoms with van der Waals surface area (Å²) in [7, 11) is 0. The predicted molar refractivity (Wildman–Crippen MR) is 106 cm³/mol. The highest BCUT2D eigenvalue weighted by Gasteiger charge is 2.14. The largest absolute Gasteiger partial charge is 0.301 e. The van der Waals surface area contributed by atoms with Gasteiger partial charge in [-0.05, 0) is 5.56 Å². The van der Waals surface area contributed by atoms with E-state index in [2.05, 4.69) is 25.6 Å². The van der Waals surface area contributed by atoms with E-state index in [1.54, 1.807) is 11.6 Å². The summed E-state index contributed by atoms with van der Waals surface area (Å²) in [5, 5.41) is 17.5. The predicted octanol–water partition coefficient (Wildman–Crippen LogP) is 2.32. The zero-order valence-electron chi connectivity index (χ0n) is 13.7. The monoisotopic (exact) mass is 416 g/mol. The van der Waals surface area contributed by atoms with Crippen molar-refractivity contribution >= 4 is 50.4 Å². The molecule has 0 saturated carbocycles. The number of carbonyl (C=O) groups excluding carboxylic acids is 1. The van der Waals surface area contributed by atoms with Crippen LogP contribution in [0.25, 0.3) is 4.96 Å². The number of benzene rings is 1. The lowest BCUT2D eigenvalue weighted by Gasteiger charge is -1.99. The summed E-state index contributed by atoms with van der Waals surface area (Å²) in [5.41, 5.74) is 1.02. The molecule has 0 spiro atoms. The Balaban J connectivity index is 1.48. The van der Waals surface area contributed by atoms with E-state index in [-0.39, 0.29) is 17.2 Å². The van der Waals surface area contributed by atoms with Gasteiger partial charge in [-0.2, -0.15) is 4.52 Å². The third-order valence-electron chi connectivity index (χ3n) is 3.46. The molecule has 1 amide bonds. The first-order chi connectivity index (χ1) is 13.2. The van der Waals surface area contributed by atoms with Crippen LogP contribution in [0.3, 0.4) is 0 Å². The molecule has 27 heavy (non-hydrogen) atoms. The third kappa shape index (κ3) is 4.21. The maximum Gasteiger partial charge on any atom is 0.297 e. The van der Waals surface area contributed by atoms with E-state index >= 15 is 0 Å². The van der Waals surface area contributed by atoms with E-state index in [9.17, 15) is 9.59 Å².